The van der Waals surface area contributed by atoms with Crippen LogP contribution in [0.4, 0.5) is 0 Å². The molecule has 0 N–H and O–H groups in total. The molecular formula is C13H26N2O2. The van der Waals surface area contributed by atoms with E-state index in [0.29, 0.717) is 18.3 Å². The van der Waals surface area contributed by atoms with E-state index < -0.39 is 0 Å². The Morgan fingerprint density at radius 1 is 1.18 bits per heavy atom. The van der Waals surface area contributed by atoms with Crippen molar-refractivity contribution >= 4 is 0 Å². The Bertz CT molecular complexity index is 237. The summed E-state index contributed by atoms with van der Waals surface area (Å²) in [4.78, 5) is 4.87. The van der Waals surface area contributed by atoms with Crippen LogP contribution in [0.25, 0.3) is 0 Å². The van der Waals surface area contributed by atoms with E-state index in [1.165, 1.54) is 0 Å². The van der Waals surface area contributed by atoms with Crippen LogP contribution in [0.1, 0.15) is 20.3 Å². The largest absolute Gasteiger partial charge is 0.376 e. The van der Waals surface area contributed by atoms with Crippen molar-refractivity contribution in [1.29, 1.82) is 0 Å². The zero-order valence-corrected chi connectivity index (χ0v) is 11.4. The van der Waals surface area contributed by atoms with Gasteiger partial charge in [-0.25, -0.2) is 0 Å². The number of morpholine rings is 2. The average molecular weight is 242 g/mol. The lowest BCUT2D eigenvalue weighted by atomic mass is 10.1. The summed E-state index contributed by atoms with van der Waals surface area (Å²) in [5, 5.41) is 0. The maximum atomic E-state index is 6.12. The van der Waals surface area contributed by atoms with E-state index in [2.05, 4.69) is 30.7 Å². The summed E-state index contributed by atoms with van der Waals surface area (Å²) in [6.07, 6.45) is 2.26. The van der Waals surface area contributed by atoms with Crippen LogP contribution in [-0.4, -0.2) is 74.5 Å². The number of nitrogens with zero attached hydrogens (tertiary/aromatic N) is 2. The summed E-state index contributed by atoms with van der Waals surface area (Å²) in [5.41, 5.74) is 0. The van der Waals surface area contributed by atoms with Gasteiger partial charge in [0.1, 0.15) is 0 Å². The number of rotatable bonds is 3. The van der Waals surface area contributed by atoms with E-state index in [1.54, 1.807) is 0 Å². The molecule has 1 unspecified atom stereocenters. The molecule has 2 saturated heterocycles. The Labute approximate surface area is 105 Å². The minimum atomic E-state index is 0.365. The summed E-state index contributed by atoms with van der Waals surface area (Å²) in [7, 11) is 2.19. The summed E-state index contributed by atoms with van der Waals surface area (Å²) < 4.78 is 11.7. The van der Waals surface area contributed by atoms with E-state index in [0.717, 1.165) is 45.8 Å². The summed E-state index contributed by atoms with van der Waals surface area (Å²) in [6.45, 7) is 10.5. The van der Waals surface area contributed by atoms with Crippen LogP contribution in [0, 0.1) is 0 Å². The lowest BCUT2D eigenvalue weighted by Gasteiger charge is -2.39. The van der Waals surface area contributed by atoms with Crippen molar-refractivity contribution < 1.29 is 9.47 Å². The second-order valence-corrected chi connectivity index (χ2v) is 5.45. The molecule has 2 fully saturated rings. The Morgan fingerprint density at radius 3 is 2.65 bits per heavy atom. The molecule has 100 valence electrons. The Balaban J connectivity index is 1.80. The van der Waals surface area contributed by atoms with Crippen molar-refractivity contribution in [3.05, 3.63) is 0 Å². The maximum Gasteiger partial charge on any atom is 0.0832 e. The molecule has 4 nitrogen and oxygen atoms in total. The molecule has 17 heavy (non-hydrogen) atoms. The van der Waals surface area contributed by atoms with E-state index in [9.17, 15) is 0 Å². The third-order valence-corrected chi connectivity index (χ3v) is 3.66. The van der Waals surface area contributed by atoms with Gasteiger partial charge in [0.05, 0.1) is 24.9 Å². The lowest BCUT2D eigenvalue weighted by molar-refractivity contribution is -0.103. The number of hydrogen-bond acceptors (Lipinski definition) is 4. The Morgan fingerprint density at radius 2 is 1.94 bits per heavy atom. The monoisotopic (exact) mass is 242 g/mol. The molecule has 2 aliphatic heterocycles. The van der Waals surface area contributed by atoms with Crippen LogP contribution in [0.15, 0.2) is 0 Å². The third-order valence-electron chi connectivity index (χ3n) is 3.66. The second-order valence-electron chi connectivity index (χ2n) is 5.45. The normalized spacial score (nSPS) is 37.2. The molecule has 0 aliphatic carbocycles. The lowest BCUT2D eigenvalue weighted by Crippen LogP contribution is -2.52. The van der Waals surface area contributed by atoms with Crippen molar-refractivity contribution in [2.45, 2.75) is 38.6 Å². The molecule has 0 radical (unpaired) electrons. The van der Waals surface area contributed by atoms with Crippen LogP contribution in [-0.2, 0) is 9.47 Å². The van der Waals surface area contributed by atoms with Crippen molar-refractivity contribution in [2.24, 2.45) is 0 Å². The molecule has 2 rings (SSSR count). The zero-order valence-electron chi connectivity index (χ0n) is 11.4. The highest BCUT2D eigenvalue weighted by atomic mass is 16.5. The van der Waals surface area contributed by atoms with Gasteiger partial charge in [-0.1, -0.05) is 6.92 Å². The predicted molar refractivity (Wildman–Crippen MR) is 68.3 cm³/mol. The van der Waals surface area contributed by atoms with E-state index in [1.807, 2.05) is 0 Å². The SMILES string of the molecule is CC[C@H]1CN(C)CC(CN2CCO[C@@H](C)C2)O1. The van der Waals surface area contributed by atoms with Crippen LogP contribution >= 0.6 is 0 Å². The molecular weight excluding hydrogens is 216 g/mol. The molecule has 2 aliphatic rings. The quantitative estimate of drug-likeness (QED) is 0.731. The fourth-order valence-electron chi connectivity index (χ4n) is 2.80. The van der Waals surface area contributed by atoms with Gasteiger partial charge in [0.25, 0.3) is 0 Å². The van der Waals surface area contributed by atoms with Gasteiger partial charge in [0.15, 0.2) is 0 Å². The molecule has 4 heteroatoms. The molecule has 0 spiro atoms. The minimum Gasteiger partial charge on any atom is -0.376 e. The summed E-state index contributed by atoms with van der Waals surface area (Å²) in [6, 6.07) is 0. The molecule has 3 atom stereocenters. The first-order valence-electron chi connectivity index (χ1n) is 6.85. The topological polar surface area (TPSA) is 24.9 Å². The first kappa shape index (κ1) is 13.3. The fraction of sp³-hybridized carbons (Fsp3) is 1.00. The van der Waals surface area contributed by atoms with E-state index >= 15 is 0 Å². The molecule has 0 aromatic rings. The van der Waals surface area contributed by atoms with Gasteiger partial charge in [-0.3, -0.25) is 4.90 Å². The van der Waals surface area contributed by atoms with Gasteiger partial charge in [-0.05, 0) is 20.4 Å². The summed E-state index contributed by atoms with van der Waals surface area (Å²) in [5.74, 6) is 0. The highest BCUT2D eigenvalue weighted by Crippen LogP contribution is 2.15. The minimum absolute atomic E-state index is 0.365. The molecule has 2 heterocycles. The van der Waals surface area contributed by atoms with Crippen molar-refractivity contribution in [2.75, 3.05) is 46.4 Å². The fourth-order valence-corrected chi connectivity index (χ4v) is 2.80. The van der Waals surface area contributed by atoms with E-state index in [-0.39, 0.29) is 0 Å². The van der Waals surface area contributed by atoms with Crippen LogP contribution < -0.4 is 0 Å². The molecule has 0 aromatic heterocycles. The first-order valence-corrected chi connectivity index (χ1v) is 6.85. The maximum absolute atomic E-state index is 6.12. The van der Waals surface area contributed by atoms with Gasteiger partial charge in [-0.2, -0.15) is 0 Å². The highest BCUT2D eigenvalue weighted by Gasteiger charge is 2.27. The van der Waals surface area contributed by atoms with Crippen LogP contribution in [0.2, 0.25) is 0 Å². The van der Waals surface area contributed by atoms with Crippen molar-refractivity contribution in [1.82, 2.24) is 9.80 Å². The average Bonchev–Trinajstić information content (AvgIpc) is 2.28. The molecule has 0 bridgehead atoms. The second kappa shape index (κ2) is 6.14. The van der Waals surface area contributed by atoms with Crippen LogP contribution in [0.3, 0.4) is 0 Å². The zero-order chi connectivity index (χ0) is 12.3. The number of hydrogen-bond donors (Lipinski definition) is 0. The number of ether oxygens (including phenoxy) is 2. The standard InChI is InChI=1S/C13H26N2O2/c1-4-12-8-14(3)9-13(17-12)10-15-5-6-16-11(2)7-15/h11-13H,4-10H2,1-3H3/t11-,12-,13?/m0/s1. The molecule has 0 saturated carbocycles. The highest BCUT2D eigenvalue weighted by molar-refractivity contribution is 4.79. The van der Waals surface area contributed by atoms with E-state index in [4.69, 9.17) is 9.47 Å². The van der Waals surface area contributed by atoms with Crippen molar-refractivity contribution in [3.8, 4) is 0 Å². The predicted octanol–water partition coefficient (Wildman–Crippen LogP) is 0.816. The number of likely N-dealkylation sites (N-methyl/N-ethyl adjacent to an activating group) is 1. The molecule has 0 amide bonds. The molecule has 0 aromatic carbocycles. The van der Waals surface area contributed by atoms with Gasteiger partial charge < -0.3 is 14.4 Å². The Hall–Kier alpha value is -0.160. The van der Waals surface area contributed by atoms with Crippen LogP contribution in [0.5, 0.6) is 0 Å². The summed E-state index contributed by atoms with van der Waals surface area (Å²) >= 11 is 0. The Kier molecular flexibility index (Phi) is 4.79. The van der Waals surface area contributed by atoms with Gasteiger partial charge in [0.2, 0.25) is 0 Å². The third kappa shape index (κ3) is 3.91. The first-order chi connectivity index (χ1) is 8.17. The van der Waals surface area contributed by atoms with Crippen molar-refractivity contribution in [3.63, 3.8) is 0 Å². The van der Waals surface area contributed by atoms with Gasteiger partial charge >= 0.3 is 0 Å². The smallest absolute Gasteiger partial charge is 0.0832 e. The van der Waals surface area contributed by atoms with Gasteiger partial charge in [-0.15, -0.1) is 0 Å². The van der Waals surface area contributed by atoms with Gasteiger partial charge in [0, 0.05) is 32.7 Å².